The van der Waals surface area contributed by atoms with Crippen LogP contribution in [0.4, 0.5) is 10.7 Å². The predicted octanol–water partition coefficient (Wildman–Crippen LogP) is 2.07. The third-order valence-corrected chi connectivity index (χ3v) is 1.61. The Balaban J connectivity index is 0.000000980. The van der Waals surface area contributed by atoms with Gasteiger partial charge in [0.15, 0.2) is 0 Å². The molecule has 0 aliphatic heterocycles. The molecule has 0 bridgehead atoms. The molecule has 0 unspecified atom stereocenters. The molecule has 0 radical (unpaired) electrons. The third kappa shape index (κ3) is 1.94. The molecule has 5 nitrogen and oxygen atoms in total. The van der Waals surface area contributed by atoms with Crippen LogP contribution in [-0.2, 0) is 0 Å². The largest absolute Gasteiger partial charge is 0.465 e. The second-order valence-electron chi connectivity index (χ2n) is 2.53. The maximum absolute atomic E-state index is 10.3. The Morgan fingerprint density at radius 1 is 1.43 bits per heavy atom. The predicted molar refractivity (Wildman–Crippen MR) is 55.0 cm³/mol. The minimum absolute atomic E-state index is 0. The van der Waals surface area contributed by atoms with E-state index in [2.05, 4.69) is 15.3 Å². The topological polar surface area (TPSA) is 78.0 Å². The number of para-hydroxylation sites is 2. The molecule has 3 N–H and O–H groups in total. The number of hydrogen-bond donors (Lipinski definition) is 3. The van der Waals surface area contributed by atoms with E-state index in [1.807, 2.05) is 18.2 Å². The standard InChI is InChI=1S/C8H7N3O2.ClH/c12-8(13)11-7-9-5-3-1-2-4-6(5)10-7;/h1-4H,(H,12,13)(H2,9,10,11);1H. The van der Waals surface area contributed by atoms with Crippen molar-refractivity contribution in [3.8, 4) is 0 Å². The Bertz CT molecular complexity index is 422. The van der Waals surface area contributed by atoms with Crippen molar-refractivity contribution in [2.45, 2.75) is 0 Å². The van der Waals surface area contributed by atoms with Crippen molar-refractivity contribution >= 4 is 35.5 Å². The van der Waals surface area contributed by atoms with Gasteiger partial charge in [-0.15, -0.1) is 12.4 Å². The van der Waals surface area contributed by atoms with Gasteiger partial charge in [-0.3, -0.25) is 5.32 Å². The third-order valence-electron chi connectivity index (χ3n) is 1.61. The molecule has 0 aliphatic carbocycles. The van der Waals surface area contributed by atoms with Gasteiger partial charge < -0.3 is 10.1 Å². The van der Waals surface area contributed by atoms with Gasteiger partial charge in [0.05, 0.1) is 11.0 Å². The molecular formula is C8H8ClN3O2. The number of amides is 1. The summed E-state index contributed by atoms with van der Waals surface area (Å²) in [5, 5.41) is 10.6. The second kappa shape index (κ2) is 3.97. The fourth-order valence-electron chi connectivity index (χ4n) is 1.11. The van der Waals surface area contributed by atoms with E-state index in [4.69, 9.17) is 5.11 Å². The summed E-state index contributed by atoms with van der Waals surface area (Å²) < 4.78 is 0. The summed E-state index contributed by atoms with van der Waals surface area (Å²) in [6, 6.07) is 7.33. The highest BCUT2D eigenvalue weighted by Crippen LogP contribution is 2.12. The molecule has 14 heavy (non-hydrogen) atoms. The van der Waals surface area contributed by atoms with Gasteiger partial charge in [0.2, 0.25) is 5.95 Å². The van der Waals surface area contributed by atoms with Crippen molar-refractivity contribution in [2.24, 2.45) is 0 Å². The van der Waals surface area contributed by atoms with E-state index in [1.165, 1.54) is 0 Å². The van der Waals surface area contributed by atoms with E-state index < -0.39 is 6.09 Å². The molecule has 1 heterocycles. The smallest absolute Gasteiger partial charge is 0.411 e. The van der Waals surface area contributed by atoms with Crippen LogP contribution in [-0.4, -0.2) is 21.2 Å². The normalized spacial score (nSPS) is 9.43. The Morgan fingerprint density at radius 3 is 2.79 bits per heavy atom. The molecule has 1 amide bonds. The average molecular weight is 214 g/mol. The minimum Gasteiger partial charge on any atom is -0.465 e. The number of nitrogens with one attached hydrogen (secondary N) is 2. The molecule has 0 fully saturated rings. The van der Waals surface area contributed by atoms with Crippen LogP contribution in [0.3, 0.4) is 0 Å². The van der Waals surface area contributed by atoms with Crippen molar-refractivity contribution in [1.29, 1.82) is 0 Å². The van der Waals surface area contributed by atoms with Crippen LogP contribution in [0.1, 0.15) is 0 Å². The molecule has 0 atom stereocenters. The first-order valence-corrected chi connectivity index (χ1v) is 3.70. The van der Waals surface area contributed by atoms with Gasteiger partial charge in [-0.1, -0.05) is 12.1 Å². The molecule has 74 valence electrons. The number of carbonyl (C=O) groups is 1. The molecule has 2 aromatic rings. The van der Waals surface area contributed by atoms with E-state index in [-0.39, 0.29) is 18.4 Å². The van der Waals surface area contributed by atoms with Gasteiger partial charge in [0.1, 0.15) is 0 Å². The summed E-state index contributed by atoms with van der Waals surface area (Å²) in [6.45, 7) is 0. The number of aromatic nitrogens is 2. The van der Waals surface area contributed by atoms with Crippen LogP contribution in [0.5, 0.6) is 0 Å². The number of nitrogens with zero attached hydrogens (tertiary/aromatic N) is 1. The lowest BCUT2D eigenvalue weighted by molar-refractivity contribution is 0.209. The number of imidazole rings is 1. The zero-order valence-corrected chi connectivity index (χ0v) is 7.84. The van der Waals surface area contributed by atoms with Gasteiger partial charge in [-0.25, -0.2) is 9.78 Å². The van der Waals surface area contributed by atoms with Crippen molar-refractivity contribution < 1.29 is 9.90 Å². The summed E-state index contributed by atoms with van der Waals surface area (Å²) in [5.74, 6) is 0.244. The zero-order chi connectivity index (χ0) is 9.26. The minimum atomic E-state index is -1.13. The average Bonchev–Trinajstić information content (AvgIpc) is 2.44. The molecule has 1 aromatic heterocycles. The molecule has 0 spiro atoms. The van der Waals surface area contributed by atoms with Crippen molar-refractivity contribution in [3.63, 3.8) is 0 Å². The van der Waals surface area contributed by atoms with Crippen LogP contribution < -0.4 is 5.32 Å². The molecule has 2 rings (SSSR count). The lowest BCUT2D eigenvalue weighted by Crippen LogP contribution is -2.08. The number of benzene rings is 1. The Morgan fingerprint density at radius 2 is 2.14 bits per heavy atom. The fourth-order valence-corrected chi connectivity index (χ4v) is 1.11. The Labute approximate surface area is 85.6 Å². The molecule has 1 aromatic carbocycles. The molecular weight excluding hydrogens is 206 g/mol. The highest BCUT2D eigenvalue weighted by atomic mass is 35.5. The summed E-state index contributed by atoms with van der Waals surface area (Å²) in [7, 11) is 0. The van der Waals surface area contributed by atoms with Crippen LogP contribution >= 0.6 is 12.4 Å². The molecule has 0 saturated heterocycles. The second-order valence-corrected chi connectivity index (χ2v) is 2.53. The van der Waals surface area contributed by atoms with Gasteiger partial charge >= 0.3 is 6.09 Å². The first-order chi connectivity index (χ1) is 6.25. The van der Waals surface area contributed by atoms with Crippen LogP contribution in [0.15, 0.2) is 24.3 Å². The van der Waals surface area contributed by atoms with Crippen molar-refractivity contribution in [3.05, 3.63) is 24.3 Å². The van der Waals surface area contributed by atoms with E-state index in [0.29, 0.717) is 0 Å². The number of carboxylic acid groups (broad SMARTS) is 1. The van der Waals surface area contributed by atoms with Crippen molar-refractivity contribution in [1.82, 2.24) is 9.97 Å². The first-order valence-electron chi connectivity index (χ1n) is 3.70. The van der Waals surface area contributed by atoms with Gasteiger partial charge in [0, 0.05) is 0 Å². The van der Waals surface area contributed by atoms with Gasteiger partial charge in [-0.2, -0.15) is 0 Å². The quantitative estimate of drug-likeness (QED) is 0.679. The molecule has 0 aliphatic rings. The van der Waals surface area contributed by atoms with E-state index in [1.54, 1.807) is 6.07 Å². The van der Waals surface area contributed by atoms with Gasteiger partial charge in [0.25, 0.3) is 0 Å². The van der Waals surface area contributed by atoms with E-state index in [9.17, 15) is 4.79 Å². The summed E-state index contributed by atoms with van der Waals surface area (Å²) >= 11 is 0. The summed E-state index contributed by atoms with van der Waals surface area (Å²) in [4.78, 5) is 17.1. The van der Waals surface area contributed by atoms with Crippen LogP contribution in [0.2, 0.25) is 0 Å². The number of halogens is 1. The highest BCUT2D eigenvalue weighted by Gasteiger charge is 2.03. The Kier molecular flexibility index (Phi) is 2.93. The lowest BCUT2D eigenvalue weighted by atomic mass is 10.3. The van der Waals surface area contributed by atoms with E-state index in [0.717, 1.165) is 11.0 Å². The highest BCUT2D eigenvalue weighted by molar-refractivity contribution is 5.85. The van der Waals surface area contributed by atoms with Crippen molar-refractivity contribution in [2.75, 3.05) is 5.32 Å². The fraction of sp³-hybridized carbons (Fsp3) is 0. The lowest BCUT2D eigenvalue weighted by Gasteiger charge is -1.90. The summed E-state index contributed by atoms with van der Waals surface area (Å²) in [5.41, 5.74) is 1.55. The van der Waals surface area contributed by atoms with Gasteiger partial charge in [-0.05, 0) is 12.1 Å². The SMILES string of the molecule is Cl.O=C(O)Nc1nc2ccccc2[nH]1. The number of aromatic amines is 1. The van der Waals surface area contributed by atoms with Crippen LogP contribution in [0.25, 0.3) is 11.0 Å². The number of hydrogen-bond acceptors (Lipinski definition) is 2. The first kappa shape index (κ1) is 10.3. The molecule has 6 heteroatoms. The zero-order valence-electron chi connectivity index (χ0n) is 7.02. The number of fused-ring (bicyclic) bond motifs is 1. The Hall–Kier alpha value is -1.75. The number of H-pyrrole nitrogens is 1. The molecule has 0 saturated carbocycles. The maximum atomic E-state index is 10.3. The monoisotopic (exact) mass is 213 g/mol. The summed E-state index contributed by atoms with van der Waals surface area (Å²) in [6.07, 6.45) is -1.13. The van der Waals surface area contributed by atoms with E-state index >= 15 is 0 Å². The maximum Gasteiger partial charge on any atom is 0.411 e. The number of anilines is 1. The number of rotatable bonds is 1. The van der Waals surface area contributed by atoms with Crippen LogP contribution in [0, 0.1) is 0 Å².